The van der Waals surface area contributed by atoms with E-state index in [1.54, 1.807) is 24.1 Å². The molecule has 1 aromatic rings. The zero-order valence-corrected chi connectivity index (χ0v) is 13.0. The molecule has 0 aliphatic heterocycles. The zero-order valence-electron chi connectivity index (χ0n) is 13.0. The summed E-state index contributed by atoms with van der Waals surface area (Å²) in [6.45, 7) is 2.13. The van der Waals surface area contributed by atoms with Crippen molar-refractivity contribution in [2.45, 2.75) is 39.2 Å². The van der Waals surface area contributed by atoms with E-state index in [-0.39, 0.29) is 30.1 Å². The molecule has 0 bridgehead atoms. The maximum Gasteiger partial charge on any atom is 0.306 e. The Bertz CT molecular complexity index is 565. The van der Waals surface area contributed by atoms with Crippen LogP contribution in [0.15, 0.2) is 18.2 Å². The SMILES string of the molecule is Cc1ccc(F)c(CN(C)C(=O)C2CCC(C(=O)O)CC2)c1. The van der Waals surface area contributed by atoms with Crippen LogP contribution in [0.2, 0.25) is 0 Å². The van der Waals surface area contributed by atoms with Gasteiger partial charge in [-0.05, 0) is 38.7 Å². The van der Waals surface area contributed by atoms with Gasteiger partial charge in [0.1, 0.15) is 5.82 Å². The summed E-state index contributed by atoms with van der Waals surface area (Å²) < 4.78 is 13.8. The predicted octanol–water partition coefficient (Wildman–Crippen LogP) is 2.98. The van der Waals surface area contributed by atoms with Gasteiger partial charge >= 0.3 is 5.97 Å². The molecule has 1 fully saturated rings. The van der Waals surface area contributed by atoms with Gasteiger partial charge < -0.3 is 10.0 Å². The highest BCUT2D eigenvalue weighted by Gasteiger charge is 2.31. The number of hydrogen-bond acceptors (Lipinski definition) is 2. The van der Waals surface area contributed by atoms with Crippen LogP contribution < -0.4 is 0 Å². The number of hydrogen-bond donors (Lipinski definition) is 1. The zero-order chi connectivity index (χ0) is 16.3. The molecular formula is C17H22FNO3. The molecule has 1 saturated carbocycles. The third kappa shape index (κ3) is 3.84. The normalized spacial score (nSPS) is 21.4. The van der Waals surface area contributed by atoms with Crippen molar-refractivity contribution in [1.82, 2.24) is 4.90 Å². The average Bonchev–Trinajstić information content (AvgIpc) is 2.50. The van der Waals surface area contributed by atoms with Crippen LogP contribution in [0.5, 0.6) is 0 Å². The third-order valence-corrected chi connectivity index (χ3v) is 4.41. The smallest absolute Gasteiger partial charge is 0.306 e. The second-order valence-electron chi connectivity index (χ2n) is 6.18. The second-order valence-corrected chi connectivity index (χ2v) is 6.18. The molecule has 5 heteroatoms. The fourth-order valence-corrected chi connectivity index (χ4v) is 3.06. The number of rotatable bonds is 4. The Morgan fingerprint density at radius 2 is 1.82 bits per heavy atom. The second kappa shape index (κ2) is 6.90. The Balaban J connectivity index is 1.95. The van der Waals surface area contributed by atoms with Crippen molar-refractivity contribution in [3.8, 4) is 0 Å². The molecular weight excluding hydrogens is 285 g/mol. The Morgan fingerprint density at radius 1 is 1.23 bits per heavy atom. The first-order valence-electron chi connectivity index (χ1n) is 7.61. The fraction of sp³-hybridized carbons (Fsp3) is 0.529. The van der Waals surface area contributed by atoms with E-state index in [0.717, 1.165) is 5.56 Å². The summed E-state index contributed by atoms with van der Waals surface area (Å²) in [5.41, 5.74) is 1.47. The Morgan fingerprint density at radius 3 is 2.41 bits per heavy atom. The molecule has 0 radical (unpaired) electrons. The van der Waals surface area contributed by atoms with Gasteiger partial charge in [0.2, 0.25) is 5.91 Å². The summed E-state index contributed by atoms with van der Waals surface area (Å²) in [6.07, 6.45) is 2.27. The van der Waals surface area contributed by atoms with Crippen LogP contribution in [0.4, 0.5) is 4.39 Å². The van der Waals surface area contributed by atoms with Crippen molar-refractivity contribution in [1.29, 1.82) is 0 Å². The minimum absolute atomic E-state index is 0.0234. The fourth-order valence-electron chi connectivity index (χ4n) is 3.06. The molecule has 1 aromatic carbocycles. The number of benzene rings is 1. The van der Waals surface area contributed by atoms with Crippen molar-refractivity contribution in [2.75, 3.05) is 7.05 Å². The third-order valence-electron chi connectivity index (χ3n) is 4.41. The molecule has 22 heavy (non-hydrogen) atoms. The summed E-state index contributed by atoms with van der Waals surface area (Å²) in [5, 5.41) is 8.99. The standard InChI is InChI=1S/C17H22FNO3/c1-11-3-8-15(18)14(9-11)10-19(2)16(20)12-4-6-13(7-5-12)17(21)22/h3,8-9,12-13H,4-7,10H2,1-2H3,(H,21,22). The molecule has 4 nitrogen and oxygen atoms in total. The maximum absolute atomic E-state index is 13.8. The van der Waals surface area contributed by atoms with E-state index in [1.165, 1.54) is 6.07 Å². The highest BCUT2D eigenvalue weighted by molar-refractivity contribution is 5.79. The van der Waals surface area contributed by atoms with Gasteiger partial charge in [0.25, 0.3) is 0 Å². The van der Waals surface area contributed by atoms with Crippen LogP contribution >= 0.6 is 0 Å². The molecule has 0 heterocycles. The van der Waals surface area contributed by atoms with Crippen molar-refractivity contribution in [2.24, 2.45) is 11.8 Å². The number of carboxylic acid groups (broad SMARTS) is 1. The number of amides is 1. The number of carbonyl (C=O) groups is 2. The average molecular weight is 307 g/mol. The highest BCUT2D eigenvalue weighted by atomic mass is 19.1. The van der Waals surface area contributed by atoms with E-state index < -0.39 is 5.97 Å². The molecule has 0 spiro atoms. The molecule has 1 N–H and O–H groups in total. The maximum atomic E-state index is 13.8. The minimum Gasteiger partial charge on any atom is -0.481 e. The lowest BCUT2D eigenvalue weighted by molar-refractivity contribution is -0.145. The summed E-state index contributed by atoms with van der Waals surface area (Å²) >= 11 is 0. The lowest BCUT2D eigenvalue weighted by Crippen LogP contribution is -2.35. The van der Waals surface area contributed by atoms with Crippen molar-refractivity contribution in [3.63, 3.8) is 0 Å². The molecule has 0 unspecified atom stereocenters. The van der Waals surface area contributed by atoms with Gasteiger partial charge in [-0.1, -0.05) is 17.7 Å². The van der Waals surface area contributed by atoms with Gasteiger partial charge in [-0.15, -0.1) is 0 Å². The highest BCUT2D eigenvalue weighted by Crippen LogP contribution is 2.30. The summed E-state index contributed by atoms with van der Waals surface area (Å²) in [6, 6.07) is 4.87. The van der Waals surface area contributed by atoms with Crippen LogP contribution in [0, 0.1) is 24.6 Å². The molecule has 0 aromatic heterocycles. The monoisotopic (exact) mass is 307 g/mol. The van der Waals surface area contributed by atoms with E-state index in [4.69, 9.17) is 5.11 Å². The lowest BCUT2D eigenvalue weighted by Gasteiger charge is -2.29. The topological polar surface area (TPSA) is 57.6 Å². The summed E-state index contributed by atoms with van der Waals surface area (Å²) in [7, 11) is 1.67. The van der Waals surface area contributed by atoms with Gasteiger partial charge in [0, 0.05) is 25.1 Å². The predicted molar refractivity (Wildman–Crippen MR) is 80.7 cm³/mol. The van der Waals surface area contributed by atoms with E-state index in [2.05, 4.69) is 0 Å². The quantitative estimate of drug-likeness (QED) is 0.930. The number of nitrogens with zero attached hydrogens (tertiary/aromatic N) is 1. The molecule has 1 aliphatic carbocycles. The number of halogens is 1. The van der Waals surface area contributed by atoms with Gasteiger partial charge in [-0.2, -0.15) is 0 Å². The Kier molecular flexibility index (Phi) is 5.16. The lowest BCUT2D eigenvalue weighted by atomic mass is 9.81. The van der Waals surface area contributed by atoms with Gasteiger partial charge in [0.05, 0.1) is 5.92 Å². The van der Waals surface area contributed by atoms with Gasteiger partial charge in [-0.3, -0.25) is 9.59 Å². The van der Waals surface area contributed by atoms with Crippen LogP contribution in [-0.2, 0) is 16.1 Å². The van der Waals surface area contributed by atoms with E-state index >= 15 is 0 Å². The van der Waals surface area contributed by atoms with Gasteiger partial charge in [-0.25, -0.2) is 4.39 Å². The van der Waals surface area contributed by atoms with E-state index in [9.17, 15) is 14.0 Å². The first kappa shape index (κ1) is 16.5. The number of aliphatic carboxylic acids is 1. The van der Waals surface area contributed by atoms with Crippen molar-refractivity contribution >= 4 is 11.9 Å². The minimum atomic E-state index is -0.777. The number of carboxylic acids is 1. The Hall–Kier alpha value is -1.91. The largest absolute Gasteiger partial charge is 0.481 e. The summed E-state index contributed by atoms with van der Waals surface area (Å²) in [4.78, 5) is 24.9. The van der Waals surface area contributed by atoms with Crippen LogP contribution in [0.3, 0.4) is 0 Å². The molecule has 1 aliphatic rings. The van der Waals surface area contributed by atoms with Crippen molar-refractivity contribution in [3.05, 3.63) is 35.1 Å². The summed E-state index contributed by atoms with van der Waals surface area (Å²) in [5.74, 6) is -1.58. The van der Waals surface area contributed by atoms with E-state index in [0.29, 0.717) is 31.2 Å². The first-order chi connectivity index (χ1) is 10.4. The molecule has 1 amide bonds. The van der Waals surface area contributed by atoms with Crippen LogP contribution in [0.25, 0.3) is 0 Å². The molecule has 120 valence electrons. The number of aryl methyl sites for hydroxylation is 1. The van der Waals surface area contributed by atoms with Crippen LogP contribution in [0.1, 0.15) is 36.8 Å². The van der Waals surface area contributed by atoms with E-state index in [1.807, 2.05) is 6.92 Å². The molecule has 0 saturated heterocycles. The molecule has 2 rings (SSSR count). The Labute approximate surface area is 129 Å². The first-order valence-corrected chi connectivity index (χ1v) is 7.61. The number of carbonyl (C=O) groups excluding carboxylic acids is 1. The van der Waals surface area contributed by atoms with Crippen molar-refractivity contribution < 1.29 is 19.1 Å². The van der Waals surface area contributed by atoms with Crippen LogP contribution in [-0.4, -0.2) is 28.9 Å². The molecule has 0 atom stereocenters. The van der Waals surface area contributed by atoms with Gasteiger partial charge in [0.15, 0.2) is 0 Å².